The van der Waals surface area contributed by atoms with Crippen molar-refractivity contribution in [3.05, 3.63) is 28.4 Å². The summed E-state index contributed by atoms with van der Waals surface area (Å²) in [5, 5.41) is 0.800. The van der Waals surface area contributed by atoms with Crippen LogP contribution < -0.4 is 0 Å². The second kappa shape index (κ2) is 6.18. The van der Waals surface area contributed by atoms with Gasteiger partial charge in [0, 0.05) is 13.2 Å². The summed E-state index contributed by atoms with van der Waals surface area (Å²) in [5.41, 5.74) is 1.00. The lowest BCUT2D eigenvalue weighted by atomic mass is 10.2. The lowest BCUT2D eigenvalue weighted by molar-refractivity contribution is 0.567. The Labute approximate surface area is 162 Å². The van der Waals surface area contributed by atoms with Crippen LogP contribution >= 0.6 is 0 Å². The highest BCUT2D eigenvalue weighted by Gasteiger charge is 2.41. The minimum atomic E-state index is -4.07. The van der Waals surface area contributed by atoms with Gasteiger partial charge in [0.25, 0.3) is 0 Å². The molecule has 1 aliphatic heterocycles. The molecule has 1 aromatic rings. The Hall–Kier alpha value is -1.13. The van der Waals surface area contributed by atoms with Gasteiger partial charge >= 0.3 is 0 Å². The summed E-state index contributed by atoms with van der Waals surface area (Å²) in [6.45, 7) is 8.92. The van der Waals surface area contributed by atoms with Crippen molar-refractivity contribution in [2.45, 2.75) is 62.5 Å². The third-order valence-electron chi connectivity index (χ3n) is 4.56. The molecule has 1 aromatic heterocycles. The summed E-state index contributed by atoms with van der Waals surface area (Å²) in [4.78, 5) is -0.356. The highest BCUT2D eigenvalue weighted by Crippen LogP contribution is 2.39. The van der Waals surface area contributed by atoms with Crippen LogP contribution in [-0.2, 0) is 48.1 Å². The molecule has 7 nitrogen and oxygen atoms in total. The SMILES string of the molecule is Cn1cc2c(c1/C(=C\S(=O)(=O)C(C)(C)C)S(=O)(=O)C(C)(C)C)CS(=O)(=O)C2. The molecule has 0 aromatic carbocycles. The molecule has 10 heteroatoms. The van der Waals surface area contributed by atoms with Crippen LogP contribution in [0.2, 0.25) is 0 Å². The van der Waals surface area contributed by atoms with E-state index in [1.54, 1.807) is 13.2 Å². The van der Waals surface area contributed by atoms with E-state index < -0.39 is 39.0 Å². The Bertz CT molecular complexity index is 1120. The Morgan fingerprint density at radius 3 is 1.96 bits per heavy atom. The van der Waals surface area contributed by atoms with Crippen LogP contribution in [0.25, 0.3) is 4.91 Å². The number of sulfone groups is 3. The predicted octanol–water partition coefficient (Wildman–Crippen LogP) is 2.18. The second-order valence-corrected chi connectivity index (χ2v) is 16.2. The van der Waals surface area contributed by atoms with Crippen molar-refractivity contribution in [3.63, 3.8) is 0 Å². The zero-order valence-corrected chi connectivity index (χ0v) is 19.1. The Morgan fingerprint density at radius 1 is 1.00 bits per heavy atom. The molecule has 0 radical (unpaired) electrons. The van der Waals surface area contributed by atoms with Crippen LogP contribution in [0.5, 0.6) is 0 Å². The van der Waals surface area contributed by atoms with Gasteiger partial charge in [0.1, 0.15) is 4.91 Å². The van der Waals surface area contributed by atoms with Crippen molar-refractivity contribution in [3.8, 4) is 0 Å². The molecule has 0 bridgehead atoms. The Morgan fingerprint density at radius 2 is 1.52 bits per heavy atom. The molecule has 2 heterocycles. The van der Waals surface area contributed by atoms with Crippen molar-refractivity contribution in [1.29, 1.82) is 0 Å². The van der Waals surface area contributed by atoms with Gasteiger partial charge in [-0.05, 0) is 52.7 Å². The van der Waals surface area contributed by atoms with Crippen molar-refractivity contribution >= 4 is 34.4 Å². The van der Waals surface area contributed by atoms with Crippen LogP contribution in [0.1, 0.15) is 58.4 Å². The molecule has 0 amide bonds. The van der Waals surface area contributed by atoms with Crippen LogP contribution in [-0.4, -0.2) is 39.3 Å². The summed E-state index contributed by atoms with van der Waals surface area (Å²) in [7, 11) is -9.78. The van der Waals surface area contributed by atoms with E-state index in [1.165, 1.54) is 46.1 Å². The van der Waals surface area contributed by atoms with E-state index in [9.17, 15) is 25.3 Å². The molecular formula is C17H27NO6S3. The van der Waals surface area contributed by atoms with Gasteiger partial charge in [0.15, 0.2) is 29.5 Å². The average Bonchev–Trinajstić information content (AvgIpc) is 2.83. The van der Waals surface area contributed by atoms with E-state index in [4.69, 9.17) is 0 Å². The van der Waals surface area contributed by atoms with E-state index in [2.05, 4.69) is 0 Å². The first-order chi connectivity index (χ1) is 11.8. The summed E-state index contributed by atoms with van der Waals surface area (Å²) in [5.74, 6) is -0.476. The maximum Gasteiger partial charge on any atom is 0.186 e. The minimum Gasteiger partial charge on any atom is -0.349 e. The van der Waals surface area contributed by atoms with Gasteiger partial charge in [0.05, 0.1) is 32.1 Å². The summed E-state index contributed by atoms with van der Waals surface area (Å²) < 4.78 is 75.3. The topological polar surface area (TPSA) is 107 Å². The van der Waals surface area contributed by atoms with Gasteiger partial charge in [-0.3, -0.25) is 0 Å². The molecule has 2 rings (SSSR count). The fourth-order valence-corrected chi connectivity index (χ4v) is 7.15. The molecule has 0 atom stereocenters. The maximum absolute atomic E-state index is 13.3. The zero-order chi connectivity index (χ0) is 21.2. The smallest absolute Gasteiger partial charge is 0.186 e. The molecule has 0 saturated heterocycles. The molecule has 0 fully saturated rings. The minimum absolute atomic E-state index is 0.133. The number of hydrogen-bond acceptors (Lipinski definition) is 6. The van der Waals surface area contributed by atoms with Crippen molar-refractivity contribution < 1.29 is 25.3 Å². The molecular weight excluding hydrogens is 410 g/mol. The molecule has 0 N–H and O–H groups in total. The number of hydrogen-bond donors (Lipinski definition) is 0. The van der Waals surface area contributed by atoms with Crippen molar-refractivity contribution in [2.75, 3.05) is 0 Å². The first-order valence-corrected chi connectivity index (χ1v) is 13.2. The molecule has 0 unspecified atom stereocenters. The monoisotopic (exact) mass is 437 g/mol. The number of aryl methyl sites for hydroxylation is 1. The number of nitrogens with zero attached hydrogens (tertiary/aromatic N) is 1. The van der Waals surface area contributed by atoms with Crippen LogP contribution in [0.3, 0.4) is 0 Å². The van der Waals surface area contributed by atoms with Crippen LogP contribution in [0, 0.1) is 0 Å². The number of rotatable bonds is 3. The maximum atomic E-state index is 13.3. The summed E-state index contributed by atoms with van der Waals surface area (Å²) in [6.07, 6.45) is 1.56. The fraction of sp³-hybridized carbons (Fsp3) is 0.647. The summed E-state index contributed by atoms with van der Waals surface area (Å²) in [6, 6.07) is 0. The first-order valence-electron chi connectivity index (χ1n) is 8.39. The highest BCUT2D eigenvalue weighted by molar-refractivity contribution is 8.04. The molecule has 154 valence electrons. The third-order valence-corrected chi connectivity index (χ3v) is 10.9. The second-order valence-electron chi connectivity index (χ2n) is 8.88. The molecule has 1 aliphatic rings. The van der Waals surface area contributed by atoms with Gasteiger partial charge in [-0.2, -0.15) is 0 Å². The van der Waals surface area contributed by atoms with E-state index in [0.717, 1.165) is 5.41 Å². The normalized spacial score (nSPS) is 18.6. The summed E-state index contributed by atoms with van der Waals surface area (Å²) >= 11 is 0. The van der Waals surface area contributed by atoms with Gasteiger partial charge in [-0.1, -0.05) is 0 Å². The predicted molar refractivity (Wildman–Crippen MR) is 107 cm³/mol. The molecule has 0 spiro atoms. The van der Waals surface area contributed by atoms with E-state index in [1.807, 2.05) is 0 Å². The van der Waals surface area contributed by atoms with Crippen LogP contribution in [0.4, 0.5) is 0 Å². The van der Waals surface area contributed by atoms with Crippen molar-refractivity contribution in [2.24, 2.45) is 7.05 Å². The van der Waals surface area contributed by atoms with E-state index in [0.29, 0.717) is 11.1 Å². The van der Waals surface area contributed by atoms with E-state index in [-0.39, 0.29) is 22.1 Å². The Kier molecular flexibility index (Phi) is 5.08. The van der Waals surface area contributed by atoms with Gasteiger partial charge in [-0.25, -0.2) is 25.3 Å². The molecule has 0 saturated carbocycles. The standard InChI is InChI=1S/C17H27NO6S3/c1-16(2,3)26(21,22)11-14(27(23,24)17(4,5)6)15-13-10-25(19,20)9-12(13)8-18(15)7/h8,11H,9-10H2,1-7H3/b14-11+. The van der Waals surface area contributed by atoms with Gasteiger partial charge < -0.3 is 4.57 Å². The zero-order valence-electron chi connectivity index (χ0n) is 16.7. The molecule has 0 aliphatic carbocycles. The van der Waals surface area contributed by atoms with Crippen molar-refractivity contribution in [1.82, 2.24) is 4.57 Å². The first kappa shape index (κ1) is 22.2. The number of fused-ring (bicyclic) bond motifs is 1. The third kappa shape index (κ3) is 3.88. The van der Waals surface area contributed by atoms with Gasteiger partial charge in [0.2, 0.25) is 0 Å². The molecule has 27 heavy (non-hydrogen) atoms. The number of aromatic nitrogens is 1. The lowest BCUT2D eigenvalue weighted by Gasteiger charge is -2.24. The largest absolute Gasteiger partial charge is 0.349 e. The lowest BCUT2D eigenvalue weighted by Crippen LogP contribution is -2.32. The fourth-order valence-electron chi connectivity index (χ4n) is 2.75. The van der Waals surface area contributed by atoms with E-state index >= 15 is 0 Å². The Balaban J connectivity index is 2.92. The van der Waals surface area contributed by atoms with Crippen LogP contribution in [0.15, 0.2) is 11.6 Å². The average molecular weight is 438 g/mol. The van der Waals surface area contributed by atoms with Gasteiger partial charge in [-0.15, -0.1) is 0 Å². The highest BCUT2D eigenvalue weighted by atomic mass is 32.2. The quantitative estimate of drug-likeness (QED) is 0.717.